The number of carbonyl (C=O) groups excluding carboxylic acids is 2. The van der Waals surface area contributed by atoms with Crippen molar-refractivity contribution < 1.29 is 37.6 Å². The summed E-state index contributed by atoms with van der Waals surface area (Å²) in [7, 11) is -4.39. The number of phosphoric acid groups is 1. The molecule has 0 heterocycles. The van der Waals surface area contributed by atoms with Crippen molar-refractivity contribution in [3.8, 4) is 0 Å². The van der Waals surface area contributed by atoms with Gasteiger partial charge in [0.15, 0.2) is 6.10 Å². The van der Waals surface area contributed by atoms with Gasteiger partial charge in [-0.3, -0.25) is 18.6 Å². The lowest BCUT2D eigenvalue weighted by Crippen LogP contribution is -2.29. The molecule has 0 saturated carbocycles. The summed E-state index contributed by atoms with van der Waals surface area (Å²) in [6.07, 6.45) is 95.9. The molecule has 10 heteroatoms. The second-order valence-electron chi connectivity index (χ2n) is 25.1. The Balaban J connectivity index is 3.79. The van der Waals surface area contributed by atoms with Gasteiger partial charge in [0, 0.05) is 19.4 Å². The molecule has 0 bridgehead atoms. The molecule has 0 aliphatic heterocycles. The summed E-state index contributed by atoms with van der Waals surface area (Å²) >= 11 is 0. The Morgan fingerprint density at radius 1 is 0.356 bits per heavy atom. The van der Waals surface area contributed by atoms with Crippen LogP contribution < -0.4 is 5.73 Å². The van der Waals surface area contributed by atoms with Gasteiger partial charge in [0.2, 0.25) is 0 Å². The van der Waals surface area contributed by atoms with Crippen molar-refractivity contribution in [2.24, 2.45) is 5.73 Å². The molecule has 0 aliphatic rings. The van der Waals surface area contributed by atoms with Crippen LogP contribution in [0.3, 0.4) is 0 Å². The van der Waals surface area contributed by atoms with E-state index in [4.69, 9.17) is 24.3 Å². The Kier molecular flexibility index (Phi) is 70.4. The van der Waals surface area contributed by atoms with Crippen LogP contribution >= 0.6 is 7.82 Å². The van der Waals surface area contributed by atoms with Crippen LogP contribution in [0.1, 0.15) is 373 Å². The van der Waals surface area contributed by atoms with Crippen molar-refractivity contribution in [3.63, 3.8) is 0 Å². The van der Waals surface area contributed by atoms with Crippen molar-refractivity contribution in [3.05, 3.63) is 72.9 Å². The van der Waals surface area contributed by atoms with Crippen LogP contribution in [0.4, 0.5) is 0 Å². The molecule has 0 rings (SSSR count). The fourth-order valence-electron chi connectivity index (χ4n) is 11.1. The highest BCUT2D eigenvalue weighted by Gasteiger charge is 2.26. The first-order valence-corrected chi connectivity index (χ1v) is 38.9. The predicted octanol–water partition coefficient (Wildman–Crippen LogP) is 24.8. The monoisotopic (exact) mass is 1240 g/mol. The average molecular weight is 1240 g/mol. The molecular formula is C77H142NO8P. The van der Waals surface area contributed by atoms with Gasteiger partial charge < -0.3 is 20.1 Å². The lowest BCUT2D eigenvalue weighted by Gasteiger charge is -2.19. The standard InChI is InChI=1S/C77H142NO8P/c1-3-5-7-9-11-13-15-17-19-21-23-25-27-29-31-32-33-34-35-36-37-38-39-40-41-42-44-46-48-50-52-54-56-58-60-62-64-66-68-70-77(80)86-75(74-85-87(81,82)84-72-71-78)73-83-76(79)69-67-65-63-61-59-57-55-53-51-49-47-45-43-30-28-26-24-22-20-18-16-14-12-10-8-6-4-2/h5,7,11,13,17,19,22-25,29,31,75H,3-4,6,8-10,12,14-16,18,20-21,26-28,30,32-74,78H2,1-2H3,(H,81,82)/b7-5-,13-11-,19-17-,24-22-,25-23-,31-29-. The fraction of sp³-hybridized carbons (Fsp3) is 0.818. The van der Waals surface area contributed by atoms with Gasteiger partial charge in [-0.2, -0.15) is 0 Å². The summed E-state index contributed by atoms with van der Waals surface area (Å²) < 4.78 is 33.2. The van der Waals surface area contributed by atoms with E-state index in [-0.39, 0.29) is 38.6 Å². The van der Waals surface area contributed by atoms with E-state index < -0.39 is 26.5 Å². The van der Waals surface area contributed by atoms with Gasteiger partial charge in [0.1, 0.15) is 6.61 Å². The largest absolute Gasteiger partial charge is 0.472 e. The Morgan fingerprint density at radius 2 is 0.632 bits per heavy atom. The molecule has 0 amide bonds. The number of nitrogens with two attached hydrogens (primary N) is 1. The second kappa shape index (κ2) is 72.5. The number of esters is 2. The third kappa shape index (κ3) is 72.4. The number of unbranched alkanes of at least 4 members (excludes halogenated alkanes) is 46. The SMILES string of the molecule is CC/C=C\C/C=C\C/C=C\C/C=C\C/C=C\CCCCCCCCCCCCCCCCCCCCCCCCCC(=O)OC(COC(=O)CCCCCCCCCCCCCCCCC/C=C\CCCCCCCCCC)COP(=O)(O)OCCN. The lowest BCUT2D eigenvalue weighted by atomic mass is 10.0. The summed E-state index contributed by atoms with van der Waals surface area (Å²) in [4.78, 5) is 35.4. The van der Waals surface area contributed by atoms with Crippen LogP contribution in [0.2, 0.25) is 0 Å². The number of ether oxygens (including phenoxy) is 2. The van der Waals surface area contributed by atoms with Gasteiger partial charge in [0.05, 0.1) is 13.2 Å². The second-order valence-corrected chi connectivity index (χ2v) is 26.6. The molecule has 0 aliphatic carbocycles. The minimum atomic E-state index is -4.39. The zero-order valence-corrected chi connectivity index (χ0v) is 58.2. The van der Waals surface area contributed by atoms with Crippen molar-refractivity contribution in [2.75, 3.05) is 26.4 Å². The van der Waals surface area contributed by atoms with Gasteiger partial charge >= 0.3 is 19.8 Å². The molecule has 0 fully saturated rings. The molecule has 2 atom stereocenters. The Labute approximate surface area is 539 Å². The molecule has 87 heavy (non-hydrogen) atoms. The number of hydrogen-bond donors (Lipinski definition) is 2. The first-order chi connectivity index (χ1) is 42.8. The van der Waals surface area contributed by atoms with E-state index >= 15 is 0 Å². The van der Waals surface area contributed by atoms with E-state index in [0.29, 0.717) is 6.42 Å². The van der Waals surface area contributed by atoms with E-state index in [1.165, 1.54) is 276 Å². The molecule has 0 spiro atoms. The average Bonchev–Trinajstić information content (AvgIpc) is 3.64. The van der Waals surface area contributed by atoms with Crippen LogP contribution in [-0.4, -0.2) is 49.3 Å². The number of carbonyl (C=O) groups is 2. The van der Waals surface area contributed by atoms with Gasteiger partial charge in [0.25, 0.3) is 0 Å². The highest BCUT2D eigenvalue weighted by Crippen LogP contribution is 2.43. The molecule has 2 unspecified atom stereocenters. The number of hydrogen-bond acceptors (Lipinski definition) is 8. The summed E-state index contributed by atoms with van der Waals surface area (Å²) in [5, 5.41) is 0. The Bertz CT molecular complexity index is 1660. The lowest BCUT2D eigenvalue weighted by molar-refractivity contribution is -0.161. The van der Waals surface area contributed by atoms with Gasteiger partial charge in [-0.1, -0.05) is 350 Å². The van der Waals surface area contributed by atoms with Gasteiger partial charge in [-0.05, 0) is 83.5 Å². The minimum absolute atomic E-state index is 0.0547. The molecule has 0 aromatic heterocycles. The fourth-order valence-corrected chi connectivity index (χ4v) is 11.8. The van der Waals surface area contributed by atoms with Crippen molar-refractivity contribution in [1.82, 2.24) is 0 Å². The van der Waals surface area contributed by atoms with Crippen LogP contribution in [0.5, 0.6) is 0 Å². The quantitative estimate of drug-likeness (QED) is 0.0264. The predicted molar refractivity (Wildman–Crippen MR) is 376 cm³/mol. The van der Waals surface area contributed by atoms with Crippen molar-refractivity contribution in [1.29, 1.82) is 0 Å². The van der Waals surface area contributed by atoms with Gasteiger partial charge in [-0.15, -0.1) is 0 Å². The van der Waals surface area contributed by atoms with Crippen LogP contribution in [0.25, 0.3) is 0 Å². The van der Waals surface area contributed by atoms with E-state index in [1.807, 2.05) is 0 Å². The Morgan fingerprint density at radius 3 is 0.954 bits per heavy atom. The van der Waals surface area contributed by atoms with Crippen LogP contribution in [-0.2, 0) is 32.7 Å². The molecule has 0 radical (unpaired) electrons. The molecule has 3 N–H and O–H groups in total. The zero-order valence-electron chi connectivity index (χ0n) is 57.3. The number of rotatable bonds is 71. The first-order valence-electron chi connectivity index (χ1n) is 37.4. The topological polar surface area (TPSA) is 134 Å². The highest BCUT2D eigenvalue weighted by atomic mass is 31.2. The molecule has 0 saturated heterocycles. The maximum atomic E-state index is 12.8. The van der Waals surface area contributed by atoms with E-state index in [2.05, 4.69) is 86.8 Å². The van der Waals surface area contributed by atoms with Crippen molar-refractivity contribution in [2.45, 2.75) is 380 Å². The summed E-state index contributed by atoms with van der Waals surface area (Å²) in [5.41, 5.74) is 5.41. The summed E-state index contributed by atoms with van der Waals surface area (Å²) in [5.74, 6) is -0.807. The summed E-state index contributed by atoms with van der Waals surface area (Å²) in [6.45, 7) is 3.69. The Hall–Kier alpha value is -2.55. The number of allylic oxidation sites excluding steroid dienone is 12. The zero-order chi connectivity index (χ0) is 63.0. The normalized spacial score (nSPS) is 13.3. The third-order valence-electron chi connectivity index (χ3n) is 16.6. The van der Waals surface area contributed by atoms with E-state index in [0.717, 1.165) is 64.2 Å². The molecule has 508 valence electrons. The maximum Gasteiger partial charge on any atom is 0.472 e. The van der Waals surface area contributed by atoms with E-state index in [1.54, 1.807) is 0 Å². The first kappa shape index (κ1) is 84.5. The van der Waals surface area contributed by atoms with Crippen LogP contribution in [0, 0.1) is 0 Å². The molecule has 0 aromatic rings. The minimum Gasteiger partial charge on any atom is -0.462 e. The third-order valence-corrected chi connectivity index (χ3v) is 17.6. The van der Waals surface area contributed by atoms with Crippen LogP contribution in [0.15, 0.2) is 72.9 Å². The van der Waals surface area contributed by atoms with E-state index in [9.17, 15) is 19.0 Å². The summed E-state index contributed by atoms with van der Waals surface area (Å²) in [6, 6.07) is 0. The van der Waals surface area contributed by atoms with Crippen molar-refractivity contribution >= 4 is 19.8 Å². The molecule has 0 aromatic carbocycles. The maximum absolute atomic E-state index is 12.8. The number of phosphoric ester groups is 1. The highest BCUT2D eigenvalue weighted by molar-refractivity contribution is 7.47. The molecule has 9 nitrogen and oxygen atoms in total. The molecular weight excluding hydrogens is 1100 g/mol. The van der Waals surface area contributed by atoms with Gasteiger partial charge in [-0.25, -0.2) is 4.57 Å². The smallest absolute Gasteiger partial charge is 0.462 e.